The van der Waals surface area contributed by atoms with Crippen LogP contribution < -0.4 is 5.32 Å². The van der Waals surface area contributed by atoms with Gasteiger partial charge in [0.2, 0.25) is 0 Å². The van der Waals surface area contributed by atoms with E-state index in [1.54, 1.807) is 18.3 Å². The minimum atomic E-state index is -0.951. The molecule has 0 aromatic heterocycles. The van der Waals surface area contributed by atoms with E-state index in [4.69, 9.17) is 5.11 Å². The summed E-state index contributed by atoms with van der Waals surface area (Å²) in [6.45, 7) is 7.37. The lowest BCUT2D eigenvalue weighted by Crippen LogP contribution is -2.17. The fourth-order valence-corrected chi connectivity index (χ4v) is 1.42. The van der Waals surface area contributed by atoms with Gasteiger partial charge in [-0.15, -0.1) is 0 Å². The normalized spacial score (nSPS) is 11.6. The van der Waals surface area contributed by atoms with Gasteiger partial charge in [0.15, 0.2) is 5.78 Å². The molecule has 0 saturated carbocycles. The Morgan fingerprint density at radius 1 is 1.26 bits per heavy atom. The SMILES string of the molecule is Cc1cc(C(=O)O)ccc1N/C=C/C(=O)C(C)(C)C. The summed E-state index contributed by atoms with van der Waals surface area (Å²) in [6.07, 6.45) is 3.07. The van der Waals surface area contributed by atoms with Crippen molar-refractivity contribution >= 4 is 17.4 Å². The highest BCUT2D eigenvalue weighted by molar-refractivity contribution is 5.94. The number of carboxylic acids is 1. The molecule has 4 nitrogen and oxygen atoms in total. The number of nitrogens with one attached hydrogen (secondary N) is 1. The van der Waals surface area contributed by atoms with Gasteiger partial charge in [0.05, 0.1) is 5.56 Å². The fraction of sp³-hybridized carbons (Fsp3) is 0.333. The number of anilines is 1. The topological polar surface area (TPSA) is 66.4 Å². The van der Waals surface area contributed by atoms with Gasteiger partial charge in [-0.25, -0.2) is 4.79 Å². The second kappa shape index (κ2) is 5.69. The lowest BCUT2D eigenvalue weighted by Gasteiger charge is -2.13. The van der Waals surface area contributed by atoms with Gasteiger partial charge in [-0.2, -0.15) is 0 Å². The summed E-state index contributed by atoms with van der Waals surface area (Å²) in [7, 11) is 0. The first kappa shape index (κ1) is 15.0. The highest BCUT2D eigenvalue weighted by Crippen LogP contribution is 2.18. The van der Waals surface area contributed by atoms with E-state index >= 15 is 0 Å². The molecular weight excluding hydrogens is 242 g/mol. The van der Waals surface area contributed by atoms with Gasteiger partial charge < -0.3 is 10.4 Å². The second-order valence-electron chi connectivity index (χ2n) is 5.43. The van der Waals surface area contributed by atoms with Crippen molar-refractivity contribution in [2.75, 3.05) is 5.32 Å². The first-order valence-electron chi connectivity index (χ1n) is 6.03. The molecule has 0 spiro atoms. The summed E-state index contributed by atoms with van der Waals surface area (Å²) < 4.78 is 0. The van der Waals surface area contributed by atoms with Crippen LogP contribution in [0.3, 0.4) is 0 Å². The molecule has 19 heavy (non-hydrogen) atoms. The third-order valence-corrected chi connectivity index (χ3v) is 2.69. The van der Waals surface area contributed by atoms with E-state index in [9.17, 15) is 9.59 Å². The maximum atomic E-state index is 11.7. The number of carbonyl (C=O) groups excluding carboxylic acids is 1. The first-order valence-corrected chi connectivity index (χ1v) is 6.03. The van der Waals surface area contributed by atoms with E-state index in [0.29, 0.717) is 0 Å². The Morgan fingerprint density at radius 3 is 2.37 bits per heavy atom. The first-order chi connectivity index (χ1) is 8.71. The fourth-order valence-electron chi connectivity index (χ4n) is 1.42. The average Bonchev–Trinajstić information content (AvgIpc) is 2.29. The van der Waals surface area contributed by atoms with Crippen molar-refractivity contribution in [1.29, 1.82) is 0 Å². The lowest BCUT2D eigenvalue weighted by atomic mass is 9.91. The van der Waals surface area contributed by atoms with Crippen LogP contribution in [0, 0.1) is 12.3 Å². The van der Waals surface area contributed by atoms with E-state index < -0.39 is 11.4 Å². The van der Waals surface area contributed by atoms with Gasteiger partial charge in [0.25, 0.3) is 0 Å². The van der Waals surface area contributed by atoms with Crippen molar-refractivity contribution in [2.24, 2.45) is 5.41 Å². The highest BCUT2D eigenvalue weighted by Gasteiger charge is 2.17. The summed E-state index contributed by atoms with van der Waals surface area (Å²) in [4.78, 5) is 22.5. The van der Waals surface area contributed by atoms with Crippen molar-refractivity contribution in [3.8, 4) is 0 Å². The molecule has 0 aliphatic carbocycles. The van der Waals surface area contributed by atoms with Crippen LogP contribution in [0.2, 0.25) is 0 Å². The standard InChI is InChI=1S/C15H19NO3/c1-10-9-11(14(18)19)5-6-12(10)16-8-7-13(17)15(2,3)4/h5-9,16H,1-4H3,(H,18,19)/b8-7+. The van der Waals surface area contributed by atoms with Gasteiger partial charge in [-0.05, 0) is 36.8 Å². The number of hydrogen-bond donors (Lipinski definition) is 2. The smallest absolute Gasteiger partial charge is 0.335 e. The van der Waals surface area contributed by atoms with Gasteiger partial charge in [-0.3, -0.25) is 4.79 Å². The Morgan fingerprint density at radius 2 is 1.89 bits per heavy atom. The Balaban J connectivity index is 2.77. The predicted molar refractivity (Wildman–Crippen MR) is 75.4 cm³/mol. The van der Waals surface area contributed by atoms with Crippen molar-refractivity contribution in [2.45, 2.75) is 27.7 Å². The summed E-state index contributed by atoms with van der Waals surface area (Å²) in [5.41, 5.74) is 1.44. The predicted octanol–water partition coefficient (Wildman–Crippen LogP) is 3.23. The van der Waals surface area contributed by atoms with Gasteiger partial charge in [0.1, 0.15) is 0 Å². The van der Waals surface area contributed by atoms with Crippen molar-refractivity contribution in [1.82, 2.24) is 0 Å². The maximum absolute atomic E-state index is 11.7. The van der Waals surface area contributed by atoms with Gasteiger partial charge >= 0.3 is 5.97 Å². The molecule has 0 amide bonds. The molecule has 2 N–H and O–H groups in total. The summed E-state index contributed by atoms with van der Waals surface area (Å²) >= 11 is 0. The Hall–Kier alpha value is -2.10. The Bertz CT molecular complexity index is 525. The van der Waals surface area contributed by atoms with Crippen LogP contribution in [-0.4, -0.2) is 16.9 Å². The zero-order chi connectivity index (χ0) is 14.6. The molecule has 0 radical (unpaired) electrons. The van der Waals surface area contributed by atoms with Gasteiger partial charge in [0, 0.05) is 17.3 Å². The zero-order valence-corrected chi connectivity index (χ0v) is 11.7. The van der Waals surface area contributed by atoms with E-state index in [-0.39, 0.29) is 11.3 Å². The minimum absolute atomic E-state index is 0.0276. The van der Waals surface area contributed by atoms with Crippen LogP contribution in [0.1, 0.15) is 36.7 Å². The van der Waals surface area contributed by atoms with Gasteiger partial charge in [-0.1, -0.05) is 20.8 Å². The molecule has 0 bridgehead atoms. The van der Waals surface area contributed by atoms with E-state index in [0.717, 1.165) is 11.3 Å². The third-order valence-electron chi connectivity index (χ3n) is 2.69. The number of aryl methyl sites for hydroxylation is 1. The lowest BCUT2D eigenvalue weighted by molar-refractivity contribution is -0.121. The molecule has 1 aromatic carbocycles. The van der Waals surface area contributed by atoms with Crippen LogP contribution in [0.4, 0.5) is 5.69 Å². The monoisotopic (exact) mass is 261 g/mol. The van der Waals surface area contributed by atoms with Crippen LogP contribution >= 0.6 is 0 Å². The molecule has 0 atom stereocenters. The van der Waals surface area contributed by atoms with E-state index in [1.165, 1.54) is 12.1 Å². The molecule has 0 saturated heterocycles. The number of allylic oxidation sites excluding steroid dienone is 1. The Labute approximate surface area is 113 Å². The largest absolute Gasteiger partial charge is 0.478 e. The molecule has 0 fully saturated rings. The summed E-state index contributed by atoms with van der Waals surface area (Å²) in [6, 6.07) is 4.80. The quantitative estimate of drug-likeness (QED) is 0.816. The average molecular weight is 261 g/mol. The van der Waals surface area contributed by atoms with E-state index in [1.807, 2.05) is 27.7 Å². The van der Waals surface area contributed by atoms with Crippen LogP contribution in [-0.2, 0) is 4.79 Å². The number of carboxylic acid groups (broad SMARTS) is 1. The molecule has 0 heterocycles. The third kappa shape index (κ3) is 4.25. The van der Waals surface area contributed by atoms with Crippen molar-refractivity contribution in [3.63, 3.8) is 0 Å². The summed E-state index contributed by atoms with van der Waals surface area (Å²) in [5, 5.41) is 11.8. The summed E-state index contributed by atoms with van der Waals surface area (Å²) in [5.74, 6) is -0.923. The number of aromatic carboxylic acids is 1. The molecular formula is C15H19NO3. The Kier molecular flexibility index (Phi) is 4.48. The number of ketones is 1. The maximum Gasteiger partial charge on any atom is 0.335 e. The van der Waals surface area contributed by atoms with Crippen molar-refractivity contribution < 1.29 is 14.7 Å². The zero-order valence-electron chi connectivity index (χ0n) is 11.7. The number of hydrogen-bond acceptors (Lipinski definition) is 3. The number of benzene rings is 1. The molecule has 0 unspecified atom stereocenters. The molecule has 4 heteroatoms. The molecule has 102 valence electrons. The van der Waals surface area contributed by atoms with Crippen molar-refractivity contribution in [3.05, 3.63) is 41.6 Å². The number of carbonyl (C=O) groups is 2. The number of rotatable bonds is 4. The second-order valence-corrected chi connectivity index (χ2v) is 5.43. The molecule has 0 aliphatic rings. The van der Waals surface area contributed by atoms with Crippen LogP contribution in [0.15, 0.2) is 30.5 Å². The van der Waals surface area contributed by atoms with Crippen LogP contribution in [0.5, 0.6) is 0 Å². The van der Waals surface area contributed by atoms with E-state index in [2.05, 4.69) is 5.32 Å². The molecule has 0 aliphatic heterocycles. The molecule has 1 rings (SSSR count). The van der Waals surface area contributed by atoms with Crippen LogP contribution in [0.25, 0.3) is 0 Å². The molecule has 1 aromatic rings. The highest BCUT2D eigenvalue weighted by atomic mass is 16.4. The minimum Gasteiger partial charge on any atom is -0.478 e.